The highest BCUT2D eigenvalue weighted by Crippen LogP contribution is 2.49. The van der Waals surface area contributed by atoms with Crippen LogP contribution in [0.2, 0.25) is 0 Å². The number of benzene rings is 9. The van der Waals surface area contributed by atoms with Crippen molar-refractivity contribution in [2.75, 3.05) is 4.90 Å². The summed E-state index contributed by atoms with van der Waals surface area (Å²) < 4.78 is 2.32. The third kappa shape index (κ3) is 6.91. The van der Waals surface area contributed by atoms with E-state index in [1.165, 1.54) is 66.4 Å². The van der Waals surface area contributed by atoms with E-state index >= 15 is 0 Å². The van der Waals surface area contributed by atoms with Gasteiger partial charge in [0.15, 0.2) is 0 Å². The summed E-state index contributed by atoms with van der Waals surface area (Å²) in [6.07, 6.45) is 3.89. The number of hydrogen-bond acceptors (Lipinski definition) is 3. The van der Waals surface area contributed by atoms with Gasteiger partial charge in [0.1, 0.15) is 5.82 Å². The van der Waals surface area contributed by atoms with Gasteiger partial charge in [-0.1, -0.05) is 172 Å². The molecule has 0 spiro atoms. The monoisotopic (exact) mass is 896 g/mol. The molecule has 4 heteroatoms. The van der Waals surface area contributed by atoms with Gasteiger partial charge in [0.2, 0.25) is 0 Å². The minimum atomic E-state index is -0.0192. The average Bonchev–Trinajstić information content (AvgIpc) is 3.74. The SMILES string of the molecule is CC(C)(C)c1ccnc(-n2c3ccccc3c3ccc(N(c4ccccc4)c4cccc(-c5nccc6cc(-c7ccc8c(c7)-c7ccccc7-c7ccccc7-c7ccccc7-8)ccc56)c4)cc32)c1. The molecule has 332 valence electrons. The summed E-state index contributed by atoms with van der Waals surface area (Å²) in [5.41, 5.74) is 20.9. The number of pyridine rings is 2. The third-order valence-electron chi connectivity index (χ3n) is 14.2. The summed E-state index contributed by atoms with van der Waals surface area (Å²) >= 11 is 0. The molecule has 70 heavy (non-hydrogen) atoms. The highest BCUT2D eigenvalue weighted by Gasteiger charge is 2.24. The van der Waals surface area contributed by atoms with Crippen molar-refractivity contribution in [3.8, 4) is 72.7 Å². The Hall–Kier alpha value is -8.86. The zero-order chi connectivity index (χ0) is 46.9. The Morgan fingerprint density at radius 2 is 0.914 bits per heavy atom. The fraction of sp³-hybridized carbons (Fsp3) is 0.0606. The van der Waals surface area contributed by atoms with Gasteiger partial charge >= 0.3 is 0 Å². The lowest BCUT2D eigenvalue weighted by Crippen LogP contribution is -2.12. The molecular formula is C66H48N4. The van der Waals surface area contributed by atoms with E-state index in [0.717, 1.165) is 61.5 Å². The minimum absolute atomic E-state index is 0.0192. The summed E-state index contributed by atoms with van der Waals surface area (Å²) in [7, 11) is 0. The first-order valence-electron chi connectivity index (χ1n) is 24.1. The maximum absolute atomic E-state index is 5.07. The fourth-order valence-corrected chi connectivity index (χ4v) is 10.8. The lowest BCUT2D eigenvalue weighted by atomic mass is 9.80. The van der Waals surface area contributed by atoms with Gasteiger partial charge in [-0.3, -0.25) is 9.55 Å². The van der Waals surface area contributed by atoms with Gasteiger partial charge in [0.25, 0.3) is 0 Å². The van der Waals surface area contributed by atoms with E-state index < -0.39 is 0 Å². The number of rotatable bonds is 6. The molecular weight excluding hydrogens is 849 g/mol. The summed E-state index contributed by atoms with van der Waals surface area (Å²) in [4.78, 5) is 12.4. The maximum atomic E-state index is 5.07. The Bertz CT molecular complexity index is 4000. The molecule has 0 atom stereocenters. The second kappa shape index (κ2) is 16.4. The number of hydrogen-bond donors (Lipinski definition) is 0. The zero-order valence-corrected chi connectivity index (χ0v) is 39.3. The van der Waals surface area contributed by atoms with Crippen LogP contribution in [0.5, 0.6) is 0 Å². The van der Waals surface area contributed by atoms with E-state index in [2.05, 4.69) is 255 Å². The lowest BCUT2D eigenvalue weighted by Gasteiger charge is -2.26. The lowest BCUT2D eigenvalue weighted by molar-refractivity contribution is 0.588. The summed E-state index contributed by atoms with van der Waals surface area (Å²) in [6, 6.07) is 81.8. The van der Waals surface area contributed by atoms with Gasteiger partial charge in [-0.05, 0) is 145 Å². The number of nitrogens with zero attached hydrogens (tertiary/aromatic N) is 4. The van der Waals surface area contributed by atoms with Crippen LogP contribution in [0.25, 0.3) is 105 Å². The molecule has 4 nitrogen and oxygen atoms in total. The summed E-state index contributed by atoms with van der Waals surface area (Å²) in [6.45, 7) is 6.76. The van der Waals surface area contributed by atoms with Crippen molar-refractivity contribution < 1.29 is 0 Å². The molecule has 1 aliphatic carbocycles. The van der Waals surface area contributed by atoms with E-state index in [1.54, 1.807) is 0 Å². The molecule has 0 saturated carbocycles. The smallest absolute Gasteiger partial charge is 0.137 e. The van der Waals surface area contributed by atoms with Crippen LogP contribution in [0.15, 0.2) is 237 Å². The van der Waals surface area contributed by atoms with E-state index in [-0.39, 0.29) is 5.41 Å². The summed E-state index contributed by atoms with van der Waals surface area (Å²) in [5, 5.41) is 4.63. The topological polar surface area (TPSA) is 34.0 Å². The average molecular weight is 897 g/mol. The molecule has 0 unspecified atom stereocenters. The Balaban J connectivity index is 0.912. The molecule has 9 aromatic carbocycles. The first-order valence-corrected chi connectivity index (χ1v) is 24.1. The molecule has 0 fully saturated rings. The van der Waals surface area contributed by atoms with Crippen LogP contribution in [0.1, 0.15) is 26.3 Å². The molecule has 3 heterocycles. The van der Waals surface area contributed by atoms with E-state index in [4.69, 9.17) is 9.97 Å². The van der Waals surface area contributed by atoms with Crippen molar-refractivity contribution >= 4 is 49.6 Å². The van der Waals surface area contributed by atoms with Gasteiger partial charge in [0, 0.05) is 51.2 Å². The van der Waals surface area contributed by atoms with Crippen LogP contribution in [0.4, 0.5) is 17.1 Å². The number of aromatic nitrogens is 3. The Morgan fingerprint density at radius 3 is 1.63 bits per heavy atom. The highest BCUT2D eigenvalue weighted by atomic mass is 15.1. The standard InChI is InChI=1S/C66H48N4/c1-66(2,3)47-35-37-67-64(41-47)70-62-27-14-13-26-59(62)60-33-30-50(42-63(60)70)69(48-17-5-4-6-18-48)49-19-15-16-46(39-49)65-51-31-28-43(38-45(51)34-36-68-65)44-29-32-58-56-24-10-9-22-54(56)52-20-7-8-21-53(52)55-23-11-12-25-57(55)61(58)40-44/h4-42H,1-3H3. The predicted molar refractivity (Wildman–Crippen MR) is 293 cm³/mol. The Kier molecular flexibility index (Phi) is 9.70. The number of fused-ring (bicyclic) bond motifs is 12. The van der Waals surface area contributed by atoms with Crippen molar-refractivity contribution in [1.29, 1.82) is 0 Å². The molecule has 3 aromatic heterocycles. The number of anilines is 3. The minimum Gasteiger partial charge on any atom is -0.310 e. The second-order valence-electron chi connectivity index (χ2n) is 19.4. The molecule has 0 aliphatic heterocycles. The van der Waals surface area contributed by atoms with Crippen molar-refractivity contribution in [2.45, 2.75) is 26.2 Å². The van der Waals surface area contributed by atoms with Crippen molar-refractivity contribution in [3.63, 3.8) is 0 Å². The van der Waals surface area contributed by atoms with Gasteiger partial charge < -0.3 is 4.90 Å². The van der Waals surface area contributed by atoms with Gasteiger partial charge in [-0.15, -0.1) is 0 Å². The van der Waals surface area contributed by atoms with Crippen LogP contribution >= 0.6 is 0 Å². The van der Waals surface area contributed by atoms with Gasteiger partial charge in [-0.25, -0.2) is 4.98 Å². The van der Waals surface area contributed by atoms with E-state index in [1.807, 2.05) is 12.4 Å². The fourth-order valence-electron chi connectivity index (χ4n) is 10.8. The van der Waals surface area contributed by atoms with E-state index in [0.29, 0.717) is 0 Å². The van der Waals surface area contributed by atoms with Crippen LogP contribution in [0, 0.1) is 0 Å². The zero-order valence-electron chi connectivity index (χ0n) is 39.3. The van der Waals surface area contributed by atoms with E-state index in [9.17, 15) is 0 Å². The van der Waals surface area contributed by atoms with Crippen molar-refractivity contribution in [3.05, 3.63) is 242 Å². The molecule has 12 aromatic rings. The largest absolute Gasteiger partial charge is 0.310 e. The summed E-state index contributed by atoms with van der Waals surface area (Å²) in [5.74, 6) is 0.911. The second-order valence-corrected chi connectivity index (χ2v) is 19.4. The van der Waals surface area contributed by atoms with Crippen LogP contribution in [-0.2, 0) is 5.41 Å². The third-order valence-corrected chi connectivity index (χ3v) is 14.2. The first-order chi connectivity index (χ1) is 34.4. The molecule has 1 aliphatic rings. The highest BCUT2D eigenvalue weighted by molar-refractivity contribution is 6.10. The number of para-hydroxylation sites is 2. The maximum Gasteiger partial charge on any atom is 0.137 e. The van der Waals surface area contributed by atoms with Crippen LogP contribution < -0.4 is 4.90 Å². The Morgan fingerprint density at radius 1 is 0.357 bits per heavy atom. The van der Waals surface area contributed by atoms with Crippen molar-refractivity contribution in [2.24, 2.45) is 0 Å². The normalized spacial score (nSPS) is 11.9. The van der Waals surface area contributed by atoms with Crippen LogP contribution in [-0.4, -0.2) is 14.5 Å². The first kappa shape index (κ1) is 41.3. The molecule has 0 bridgehead atoms. The Labute approximate surface area is 408 Å². The molecule has 13 rings (SSSR count). The van der Waals surface area contributed by atoms with Crippen LogP contribution in [0.3, 0.4) is 0 Å². The van der Waals surface area contributed by atoms with Crippen molar-refractivity contribution in [1.82, 2.24) is 14.5 Å². The molecule has 0 saturated heterocycles. The quantitative estimate of drug-likeness (QED) is 0.167. The molecule has 0 radical (unpaired) electrons. The molecule has 0 amide bonds. The van der Waals surface area contributed by atoms with Gasteiger partial charge in [-0.2, -0.15) is 0 Å². The predicted octanol–water partition coefficient (Wildman–Crippen LogP) is 17.8. The van der Waals surface area contributed by atoms with Gasteiger partial charge in [0.05, 0.1) is 16.7 Å². The molecule has 0 N–H and O–H groups in total.